The lowest BCUT2D eigenvalue weighted by Crippen LogP contribution is -2.26. The van der Waals surface area contributed by atoms with Gasteiger partial charge in [0.25, 0.3) is 0 Å². The number of aromatic nitrogens is 4. The molecule has 1 aliphatic heterocycles. The molecule has 4 aromatic heterocycles. The molecule has 0 unspecified atom stereocenters. The van der Waals surface area contributed by atoms with Crippen LogP contribution >= 0.6 is 34.4 Å². The van der Waals surface area contributed by atoms with Crippen molar-refractivity contribution in [2.45, 2.75) is 81.3 Å². The zero-order valence-corrected chi connectivity index (χ0v) is 34.4. The first kappa shape index (κ1) is 28.4. The molecule has 0 saturated carbocycles. The molecule has 276 valence electrons. The Balaban J connectivity index is 1.22. The lowest BCUT2D eigenvalue weighted by Gasteiger charge is -2.38. The van der Waals surface area contributed by atoms with Gasteiger partial charge < -0.3 is 0 Å². The van der Waals surface area contributed by atoms with Crippen molar-refractivity contribution in [1.82, 2.24) is 18.8 Å². The van der Waals surface area contributed by atoms with Crippen LogP contribution < -0.4 is 0 Å². The molecule has 11 rings (SSSR count). The van der Waals surface area contributed by atoms with Gasteiger partial charge in [-0.3, -0.25) is 8.80 Å². The van der Waals surface area contributed by atoms with Crippen LogP contribution in [0, 0.1) is 0 Å². The molecule has 7 heteroatoms. The van der Waals surface area contributed by atoms with Crippen molar-refractivity contribution in [1.29, 1.82) is 0 Å². The summed E-state index contributed by atoms with van der Waals surface area (Å²) in [6.45, 7) is 6.98. The normalized spacial score (nSPS) is 16.5. The van der Waals surface area contributed by atoms with Gasteiger partial charge in [0, 0.05) is 34.6 Å². The lowest BCUT2D eigenvalue weighted by atomic mass is 9.72. The van der Waals surface area contributed by atoms with Crippen molar-refractivity contribution in [3.8, 4) is 22.3 Å². The number of hydrogen-bond acceptors (Lipinski definition) is 5. The number of benzene rings is 6. The molecule has 0 fully saturated rings. The van der Waals surface area contributed by atoms with E-state index in [-0.39, 0.29) is 10.8 Å². The van der Waals surface area contributed by atoms with Crippen LogP contribution in [0.2, 0.25) is 0 Å². The van der Waals surface area contributed by atoms with E-state index in [1.54, 1.807) is 22.7 Å². The van der Waals surface area contributed by atoms with Crippen LogP contribution in [0.25, 0.3) is 74.7 Å². The maximum Gasteiger partial charge on any atom is 0.195 e. The second-order valence-corrected chi connectivity index (χ2v) is 20.1. The van der Waals surface area contributed by atoms with Crippen LogP contribution in [0.1, 0.15) is 85.7 Å². The van der Waals surface area contributed by atoms with Gasteiger partial charge in [0.05, 0.1) is 42.5 Å². The lowest BCUT2D eigenvalue weighted by molar-refractivity contribution is 0.573. The van der Waals surface area contributed by atoms with E-state index < -0.39 is 19.1 Å². The molecule has 4 nitrogen and oxygen atoms in total. The summed E-state index contributed by atoms with van der Waals surface area (Å²) >= 11 is 4.67. The molecule has 0 spiro atoms. The Hall–Kier alpha value is -4.95. The topological polar surface area (TPSA) is 34.6 Å². The first-order valence-corrected chi connectivity index (χ1v) is 21.4. The third kappa shape index (κ3) is 4.83. The minimum Gasteiger partial charge on any atom is -0.283 e. The fourth-order valence-electron chi connectivity index (χ4n) is 8.70. The van der Waals surface area contributed by atoms with Gasteiger partial charge in [-0.25, -0.2) is 9.97 Å². The number of rotatable bonds is 2. The van der Waals surface area contributed by atoms with Crippen molar-refractivity contribution in [3.05, 3.63) is 131 Å². The van der Waals surface area contributed by atoms with Gasteiger partial charge in [-0.15, -0.1) is 0 Å². The van der Waals surface area contributed by atoms with Crippen LogP contribution in [0.5, 0.6) is 0 Å². The van der Waals surface area contributed by atoms with Crippen molar-refractivity contribution in [2.24, 2.45) is 0 Å². The third-order valence-electron chi connectivity index (χ3n) is 11.4. The molecular formula is C49H42N4S3. The van der Waals surface area contributed by atoms with Crippen LogP contribution in [0.15, 0.2) is 119 Å². The summed E-state index contributed by atoms with van der Waals surface area (Å²) < 4.78 is 63.1. The Kier molecular flexibility index (Phi) is 5.87. The average molecular weight is 789 g/mol. The minimum absolute atomic E-state index is 0.301. The Labute approximate surface area is 347 Å². The highest BCUT2D eigenvalue weighted by Gasteiger charge is 2.37. The Bertz CT molecular complexity index is 3280. The first-order valence-electron chi connectivity index (χ1n) is 21.9. The van der Waals surface area contributed by atoms with E-state index in [0.29, 0.717) is 20.9 Å². The monoisotopic (exact) mass is 788 g/mol. The quantitative estimate of drug-likeness (QED) is 0.175. The molecule has 0 N–H and O–H groups in total. The molecule has 10 aromatic rings. The van der Waals surface area contributed by atoms with Gasteiger partial charge in [0.1, 0.15) is 0 Å². The van der Waals surface area contributed by atoms with Gasteiger partial charge in [0.2, 0.25) is 0 Å². The minimum atomic E-state index is -2.98. The van der Waals surface area contributed by atoms with Gasteiger partial charge >= 0.3 is 0 Å². The van der Waals surface area contributed by atoms with E-state index in [1.165, 1.54) is 11.8 Å². The van der Waals surface area contributed by atoms with Crippen molar-refractivity contribution in [2.75, 3.05) is 0 Å². The SMILES string of the molecule is [2H]C([2H])([2H])C1(C([2H])([2H])[2H])c2cc(-c3cccc4c3sc3nc5ccccc5n34)c(C(C)(C)C)cc2Sc2cc(C(C)(C)C)c(-c3cccc4c3sc3nc5ccccc5n34)cc21. The van der Waals surface area contributed by atoms with Gasteiger partial charge in [-0.05, 0) is 105 Å². The molecule has 6 aromatic carbocycles. The molecule has 0 amide bonds. The summed E-state index contributed by atoms with van der Waals surface area (Å²) in [7, 11) is 0. The summed E-state index contributed by atoms with van der Waals surface area (Å²) in [5.74, 6) is 0. The highest BCUT2D eigenvalue weighted by Crippen LogP contribution is 2.55. The number of imidazole rings is 2. The number of hydrogen-bond donors (Lipinski definition) is 0. The van der Waals surface area contributed by atoms with E-state index in [0.717, 1.165) is 85.8 Å². The average Bonchev–Trinajstić information content (AvgIpc) is 3.95. The zero-order valence-electron chi connectivity index (χ0n) is 37.9. The molecule has 0 bridgehead atoms. The highest BCUT2D eigenvalue weighted by atomic mass is 32.2. The fraction of sp³-hybridized carbons (Fsp3) is 0.224. The van der Waals surface area contributed by atoms with E-state index in [2.05, 4.69) is 98.9 Å². The molecule has 0 radical (unpaired) electrons. The van der Waals surface area contributed by atoms with E-state index in [4.69, 9.17) is 9.97 Å². The molecule has 0 atom stereocenters. The molecule has 5 heterocycles. The summed E-state index contributed by atoms with van der Waals surface area (Å²) in [6, 6.07) is 36.6. The maximum atomic E-state index is 9.46. The van der Waals surface area contributed by atoms with Crippen molar-refractivity contribution < 1.29 is 8.22 Å². The number of nitrogens with zero attached hydrogens (tertiary/aromatic N) is 4. The summed E-state index contributed by atoms with van der Waals surface area (Å²) in [4.78, 5) is 13.0. The predicted molar refractivity (Wildman–Crippen MR) is 241 cm³/mol. The maximum absolute atomic E-state index is 9.46. The molecule has 56 heavy (non-hydrogen) atoms. The fourth-order valence-corrected chi connectivity index (χ4v) is 12.3. The van der Waals surface area contributed by atoms with Crippen molar-refractivity contribution in [3.63, 3.8) is 0 Å². The number of thiazole rings is 2. The smallest absolute Gasteiger partial charge is 0.195 e. The second kappa shape index (κ2) is 11.6. The summed E-state index contributed by atoms with van der Waals surface area (Å²) in [5, 5.41) is 0. The van der Waals surface area contributed by atoms with Gasteiger partial charge in [-0.1, -0.05) is 138 Å². The van der Waals surface area contributed by atoms with Crippen molar-refractivity contribution >= 4 is 86.9 Å². The van der Waals surface area contributed by atoms with E-state index >= 15 is 0 Å². The standard InChI is InChI=1S/C49H42N4S3/c1-47(2,3)31-25-41-33(23-29(31)27-15-13-21-39-43(27)55-45-50-35-17-9-11-19-37(35)52(39)45)49(7,8)34-24-30(32(48(4,5)6)26-42(34)54-41)28-16-14-22-40-44(28)56-46-51-36-18-10-12-20-38(36)53(40)46/h9-26H,1-8H3/i7D3,8D3. The summed E-state index contributed by atoms with van der Waals surface area (Å²) in [5.41, 5.74) is 8.81. The second-order valence-electron chi connectivity index (χ2n) is 17.1. The van der Waals surface area contributed by atoms with Crippen LogP contribution in [-0.4, -0.2) is 18.8 Å². The largest absolute Gasteiger partial charge is 0.283 e. The Morgan fingerprint density at radius 3 is 1.38 bits per heavy atom. The van der Waals surface area contributed by atoms with E-state index in [9.17, 15) is 8.22 Å². The molecular weight excluding hydrogens is 741 g/mol. The van der Waals surface area contributed by atoms with Crippen LogP contribution in [0.4, 0.5) is 0 Å². The van der Waals surface area contributed by atoms with Gasteiger partial charge in [0.15, 0.2) is 9.92 Å². The van der Waals surface area contributed by atoms with Gasteiger partial charge in [-0.2, -0.15) is 0 Å². The van der Waals surface area contributed by atoms with E-state index in [1.807, 2.05) is 60.7 Å². The third-order valence-corrected chi connectivity index (χ3v) is 14.7. The number of fused-ring (bicyclic) bond motifs is 12. The molecule has 0 aliphatic carbocycles. The van der Waals surface area contributed by atoms with Crippen LogP contribution in [-0.2, 0) is 16.2 Å². The highest BCUT2D eigenvalue weighted by molar-refractivity contribution is 7.99. The molecule has 1 aliphatic rings. The Morgan fingerprint density at radius 1 is 0.518 bits per heavy atom. The zero-order chi connectivity index (χ0) is 43.5. The predicted octanol–water partition coefficient (Wildman–Crippen LogP) is 14.4. The molecule has 0 saturated heterocycles. The Morgan fingerprint density at radius 2 is 0.946 bits per heavy atom. The number of para-hydroxylation sites is 4. The first-order chi connectivity index (χ1) is 29.3. The summed E-state index contributed by atoms with van der Waals surface area (Å²) in [6.07, 6.45) is 0. The van der Waals surface area contributed by atoms with Crippen LogP contribution in [0.3, 0.4) is 0 Å².